The van der Waals surface area contributed by atoms with Crippen molar-refractivity contribution in [3.8, 4) is 11.8 Å². The fraction of sp³-hybridized carbons (Fsp3) is 0.417. The zero-order chi connectivity index (χ0) is 11.5. The van der Waals surface area contributed by atoms with Crippen LogP contribution in [-0.4, -0.2) is 6.10 Å². The summed E-state index contributed by atoms with van der Waals surface area (Å²) in [6.07, 6.45) is 2.16. The number of benzene rings is 1. The van der Waals surface area contributed by atoms with Crippen molar-refractivity contribution in [3.63, 3.8) is 0 Å². The number of halogens is 2. The summed E-state index contributed by atoms with van der Waals surface area (Å²) in [5.74, 6) is -1.52. The first kappa shape index (κ1) is 10.9. The lowest BCUT2D eigenvalue weighted by atomic mass is 10.1. The van der Waals surface area contributed by atoms with Crippen LogP contribution >= 0.6 is 0 Å². The van der Waals surface area contributed by atoms with Crippen molar-refractivity contribution in [3.05, 3.63) is 29.8 Å². The molecule has 0 radical (unpaired) electrons. The quantitative estimate of drug-likeness (QED) is 0.772. The molecule has 1 aliphatic carbocycles. The Bertz CT molecular complexity index is 428. The molecule has 2 unspecified atom stereocenters. The second-order valence-corrected chi connectivity index (χ2v) is 3.90. The van der Waals surface area contributed by atoms with Crippen molar-refractivity contribution >= 4 is 0 Å². The highest BCUT2D eigenvalue weighted by atomic mass is 19.1. The number of hydrogen-bond donors (Lipinski definition) is 0. The molecule has 0 spiro atoms. The van der Waals surface area contributed by atoms with Crippen LogP contribution in [0.15, 0.2) is 18.2 Å². The minimum absolute atomic E-state index is 0.0218. The van der Waals surface area contributed by atoms with Crippen molar-refractivity contribution in [2.75, 3.05) is 0 Å². The summed E-state index contributed by atoms with van der Waals surface area (Å²) in [5, 5.41) is 8.84. The van der Waals surface area contributed by atoms with Gasteiger partial charge in [0.15, 0.2) is 11.6 Å². The second-order valence-electron chi connectivity index (χ2n) is 3.90. The molecule has 1 aromatic carbocycles. The number of nitrogens with zero attached hydrogens (tertiary/aromatic N) is 1. The zero-order valence-corrected chi connectivity index (χ0v) is 8.62. The second kappa shape index (κ2) is 4.48. The van der Waals surface area contributed by atoms with Crippen molar-refractivity contribution in [2.45, 2.75) is 25.4 Å². The molecular weight excluding hydrogens is 212 g/mol. The summed E-state index contributed by atoms with van der Waals surface area (Å²) < 4.78 is 31.3. The maximum Gasteiger partial charge on any atom is 0.167 e. The van der Waals surface area contributed by atoms with Crippen LogP contribution in [0.3, 0.4) is 0 Å². The van der Waals surface area contributed by atoms with Gasteiger partial charge in [-0.05, 0) is 31.4 Å². The zero-order valence-electron chi connectivity index (χ0n) is 8.62. The highest BCUT2D eigenvalue weighted by Gasteiger charge is 2.29. The van der Waals surface area contributed by atoms with E-state index in [2.05, 4.69) is 6.07 Å². The van der Waals surface area contributed by atoms with Gasteiger partial charge in [-0.25, -0.2) is 8.78 Å². The minimum atomic E-state index is -0.719. The number of hydrogen-bond acceptors (Lipinski definition) is 2. The summed E-state index contributed by atoms with van der Waals surface area (Å²) >= 11 is 0. The van der Waals surface area contributed by atoms with Gasteiger partial charge < -0.3 is 4.74 Å². The van der Waals surface area contributed by atoms with Gasteiger partial charge in [0.25, 0.3) is 0 Å². The SMILES string of the molecule is N#CC1CCCC1Oc1ccc(F)cc1F. The Kier molecular flexibility index (Phi) is 3.04. The molecule has 1 saturated carbocycles. The first-order valence-corrected chi connectivity index (χ1v) is 5.22. The highest BCUT2D eigenvalue weighted by molar-refractivity contribution is 5.25. The van der Waals surface area contributed by atoms with Crippen LogP contribution in [0.1, 0.15) is 19.3 Å². The van der Waals surface area contributed by atoms with Crippen LogP contribution in [0.2, 0.25) is 0 Å². The minimum Gasteiger partial charge on any atom is -0.486 e. The molecule has 1 aliphatic rings. The third-order valence-corrected chi connectivity index (χ3v) is 2.79. The van der Waals surface area contributed by atoms with Gasteiger partial charge in [0.1, 0.15) is 11.9 Å². The van der Waals surface area contributed by atoms with Crippen LogP contribution in [-0.2, 0) is 0 Å². The molecular formula is C12H11F2NO. The van der Waals surface area contributed by atoms with E-state index in [0.717, 1.165) is 31.4 Å². The third-order valence-electron chi connectivity index (χ3n) is 2.79. The van der Waals surface area contributed by atoms with Crippen LogP contribution in [0.25, 0.3) is 0 Å². The van der Waals surface area contributed by atoms with Gasteiger partial charge in [-0.2, -0.15) is 5.26 Å². The Balaban J connectivity index is 2.12. The topological polar surface area (TPSA) is 33.0 Å². The molecule has 2 atom stereocenters. The molecule has 1 fully saturated rings. The van der Waals surface area contributed by atoms with E-state index >= 15 is 0 Å². The average molecular weight is 223 g/mol. The number of nitriles is 1. The van der Waals surface area contributed by atoms with Crippen LogP contribution in [0, 0.1) is 28.9 Å². The van der Waals surface area contributed by atoms with E-state index in [-0.39, 0.29) is 17.8 Å². The summed E-state index contributed by atoms with van der Waals surface area (Å²) in [7, 11) is 0. The largest absolute Gasteiger partial charge is 0.486 e. The Morgan fingerprint density at radius 1 is 1.31 bits per heavy atom. The van der Waals surface area contributed by atoms with Crippen LogP contribution in [0.4, 0.5) is 8.78 Å². The van der Waals surface area contributed by atoms with Gasteiger partial charge >= 0.3 is 0 Å². The summed E-state index contributed by atoms with van der Waals surface area (Å²) in [6, 6.07) is 5.34. The summed E-state index contributed by atoms with van der Waals surface area (Å²) in [5.41, 5.74) is 0. The molecule has 0 aromatic heterocycles. The monoisotopic (exact) mass is 223 g/mol. The summed E-state index contributed by atoms with van der Waals surface area (Å²) in [4.78, 5) is 0. The van der Waals surface area contributed by atoms with E-state index in [1.807, 2.05) is 0 Å². The van der Waals surface area contributed by atoms with Gasteiger partial charge in [0.05, 0.1) is 12.0 Å². The third kappa shape index (κ3) is 2.13. The van der Waals surface area contributed by atoms with Gasteiger partial charge in [0, 0.05) is 6.07 Å². The summed E-state index contributed by atoms with van der Waals surface area (Å²) in [6.45, 7) is 0. The molecule has 0 N–H and O–H groups in total. The van der Waals surface area contributed by atoms with Crippen LogP contribution < -0.4 is 4.74 Å². The van der Waals surface area contributed by atoms with Crippen molar-refractivity contribution in [1.82, 2.24) is 0 Å². The molecule has 1 aromatic rings. The number of ether oxygens (including phenoxy) is 1. The molecule has 2 nitrogen and oxygen atoms in total. The van der Waals surface area contributed by atoms with E-state index in [1.165, 1.54) is 6.07 Å². The number of rotatable bonds is 2. The smallest absolute Gasteiger partial charge is 0.167 e. The predicted molar refractivity (Wildman–Crippen MR) is 53.7 cm³/mol. The molecule has 0 heterocycles. The molecule has 2 rings (SSSR count). The van der Waals surface area contributed by atoms with E-state index in [4.69, 9.17) is 10.00 Å². The lowest BCUT2D eigenvalue weighted by molar-refractivity contribution is 0.174. The maximum absolute atomic E-state index is 13.3. The molecule has 84 valence electrons. The lowest BCUT2D eigenvalue weighted by Crippen LogP contribution is -2.20. The Labute approximate surface area is 92.5 Å². The van der Waals surface area contributed by atoms with Gasteiger partial charge in [0.2, 0.25) is 0 Å². The standard InChI is InChI=1S/C12H11F2NO/c13-9-4-5-12(10(14)6-9)16-11-3-1-2-8(11)7-15/h4-6,8,11H,1-3H2. The van der Waals surface area contributed by atoms with Crippen molar-refractivity contribution in [1.29, 1.82) is 5.26 Å². The fourth-order valence-electron chi connectivity index (χ4n) is 1.95. The first-order chi connectivity index (χ1) is 7.70. The normalized spacial score (nSPS) is 24.1. The van der Waals surface area contributed by atoms with E-state index in [1.54, 1.807) is 0 Å². The van der Waals surface area contributed by atoms with Gasteiger partial charge in [-0.1, -0.05) is 0 Å². The molecule has 16 heavy (non-hydrogen) atoms. The van der Waals surface area contributed by atoms with Crippen molar-refractivity contribution in [2.24, 2.45) is 5.92 Å². The molecule has 0 bridgehead atoms. The van der Waals surface area contributed by atoms with E-state index in [0.29, 0.717) is 0 Å². The van der Waals surface area contributed by atoms with E-state index < -0.39 is 11.6 Å². The Morgan fingerprint density at radius 3 is 2.81 bits per heavy atom. The van der Waals surface area contributed by atoms with Gasteiger partial charge in [-0.3, -0.25) is 0 Å². The average Bonchev–Trinajstić information content (AvgIpc) is 2.69. The van der Waals surface area contributed by atoms with Gasteiger partial charge in [-0.15, -0.1) is 0 Å². The maximum atomic E-state index is 13.3. The van der Waals surface area contributed by atoms with Crippen LogP contribution in [0.5, 0.6) is 5.75 Å². The molecule has 0 amide bonds. The first-order valence-electron chi connectivity index (χ1n) is 5.22. The Hall–Kier alpha value is -1.63. The van der Waals surface area contributed by atoms with E-state index in [9.17, 15) is 8.78 Å². The highest BCUT2D eigenvalue weighted by Crippen LogP contribution is 2.30. The van der Waals surface area contributed by atoms with Crippen molar-refractivity contribution < 1.29 is 13.5 Å². The predicted octanol–water partition coefficient (Wildman–Crippen LogP) is 3.04. The molecule has 4 heteroatoms. The molecule has 0 saturated heterocycles. The lowest BCUT2D eigenvalue weighted by Gasteiger charge is -2.16. The fourth-order valence-corrected chi connectivity index (χ4v) is 1.95. The Morgan fingerprint density at radius 2 is 2.12 bits per heavy atom. The molecule has 0 aliphatic heterocycles.